The second kappa shape index (κ2) is 5.70. The second-order valence-corrected chi connectivity index (χ2v) is 4.11. The molecule has 0 spiro atoms. The van der Waals surface area contributed by atoms with Gasteiger partial charge in [-0.3, -0.25) is 4.79 Å². The van der Waals surface area contributed by atoms with Crippen LogP contribution in [0.25, 0.3) is 0 Å². The van der Waals surface area contributed by atoms with E-state index in [-0.39, 0.29) is 5.91 Å². The molecule has 0 saturated carbocycles. The van der Waals surface area contributed by atoms with E-state index >= 15 is 0 Å². The first-order valence-corrected chi connectivity index (χ1v) is 5.97. The molecule has 0 aliphatic heterocycles. The molecule has 14 heavy (non-hydrogen) atoms. The topological polar surface area (TPSA) is 29.1 Å². The Hall–Kier alpha value is -0.960. The molecule has 1 amide bonds. The average Bonchev–Trinajstić information content (AvgIpc) is 2.16. The largest absolute Gasteiger partial charge is 0.326 e. The lowest BCUT2D eigenvalue weighted by molar-refractivity contribution is -0.114. The van der Waals surface area contributed by atoms with Gasteiger partial charge in [0.05, 0.1) is 0 Å². The van der Waals surface area contributed by atoms with Gasteiger partial charge in [0.15, 0.2) is 0 Å². The summed E-state index contributed by atoms with van der Waals surface area (Å²) in [5.41, 5.74) is 2.18. The highest BCUT2D eigenvalue weighted by Crippen LogP contribution is 2.11. The average molecular weight is 209 g/mol. The van der Waals surface area contributed by atoms with Crippen molar-refractivity contribution in [3.05, 3.63) is 29.8 Å². The standard InChI is InChI=1S/C11H15NOS/c1-9(13)12-11-5-3-10(4-6-11)7-8-14-2/h3-6H,7-8H2,1-2H3,(H,12,13). The first-order valence-electron chi connectivity index (χ1n) is 4.58. The summed E-state index contributed by atoms with van der Waals surface area (Å²) in [5, 5.41) is 2.74. The third-order valence-corrected chi connectivity index (χ3v) is 2.48. The van der Waals surface area contributed by atoms with Crippen molar-refractivity contribution in [3.8, 4) is 0 Å². The van der Waals surface area contributed by atoms with E-state index in [2.05, 4.69) is 23.7 Å². The van der Waals surface area contributed by atoms with E-state index in [9.17, 15) is 4.79 Å². The van der Waals surface area contributed by atoms with Crippen LogP contribution in [0.2, 0.25) is 0 Å². The van der Waals surface area contributed by atoms with E-state index < -0.39 is 0 Å². The van der Waals surface area contributed by atoms with E-state index in [1.807, 2.05) is 23.9 Å². The highest BCUT2D eigenvalue weighted by Gasteiger charge is 1.95. The molecule has 1 aromatic carbocycles. The highest BCUT2D eigenvalue weighted by atomic mass is 32.2. The first-order chi connectivity index (χ1) is 6.72. The Labute approximate surface area is 89.1 Å². The molecule has 0 atom stereocenters. The fraction of sp³-hybridized carbons (Fsp3) is 0.364. The summed E-state index contributed by atoms with van der Waals surface area (Å²) in [5.74, 6) is 1.11. The fourth-order valence-corrected chi connectivity index (χ4v) is 1.62. The molecule has 1 aromatic rings. The summed E-state index contributed by atoms with van der Waals surface area (Å²) < 4.78 is 0. The smallest absolute Gasteiger partial charge is 0.221 e. The molecule has 0 heterocycles. The molecular formula is C11H15NOS. The summed E-state index contributed by atoms with van der Waals surface area (Å²) in [7, 11) is 0. The van der Waals surface area contributed by atoms with Crippen LogP contribution < -0.4 is 5.32 Å². The van der Waals surface area contributed by atoms with E-state index in [1.165, 1.54) is 12.5 Å². The molecule has 0 radical (unpaired) electrons. The molecule has 0 aromatic heterocycles. The number of carbonyl (C=O) groups excluding carboxylic acids is 1. The summed E-state index contributed by atoms with van der Waals surface area (Å²) in [6.07, 6.45) is 3.19. The number of anilines is 1. The predicted octanol–water partition coefficient (Wildman–Crippen LogP) is 2.55. The van der Waals surface area contributed by atoms with Crippen molar-refractivity contribution in [2.24, 2.45) is 0 Å². The van der Waals surface area contributed by atoms with Crippen LogP contribution >= 0.6 is 11.8 Å². The lowest BCUT2D eigenvalue weighted by Gasteiger charge is -2.03. The molecule has 0 fully saturated rings. The van der Waals surface area contributed by atoms with E-state index in [0.717, 1.165) is 17.9 Å². The number of thioether (sulfide) groups is 1. The Morgan fingerprint density at radius 3 is 2.50 bits per heavy atom. The van der Waals surface area contributed by atoms with Gasteiger partial charge in [-0.25, -0.2) is 0 Å². The maximum Gasteiger partial charge on any atom is 0.221 e. The molecular weight excluding hydrogens is 194 g/mol. The number of hydrogen-bond donors (Lipinski definition) is 1. The third-order valence-electron chi connectivity index (χ3n) is 1.87. The number of carbonyl (C=O) groups is 1. The van der Waals surface area contributed by atoms with Crippen LogP contribution in [0.1, 0.15) is 12.5 Å². The number of aryl methyl sites for hydroxylation is 1. The molecule has 0 aliphatic carbocycles. The van der Waals surface area contributed by atoms with Crippen molar-refractivity contribution in [2.45, 2.75) is 13.3 Å². The zero-order valence-corrected chi connectivity index (χ0v) is 9.36. The molecule has 1 rings (SSSR count). The second-order valence-electron chi connectivity index (χ2n) is 3.12. The van der Waals surface area contributed by atoms with Gasteiger partial charge in [0, 0.05) is 12.6 Å². The van der Waals surface area contributed by atoms with E-state index in [4.69, 9.17) is 0 Å². The van der Waals surface area contributed by atoms with E-state index in [0.29, 0.717) is 0 Å². The van der Waals surface area contributed by atoms with Gasteiger partial charge >= 0.3 is 0 Å². The molecule has 0 aliphatic rings. The Morgan fingerprint density at radius 2 is 2.00 bits per heavy atom. The van der Waals surface area contributed by atoms with Crippen molar-refractivity contribution < 1.29 is 4.79 Å². The van der Waals surface area contributed by atoms with Crippen LogP contribution in [0.4, 0.5) is 5.69 Å². The van der Waals surface area contributed by atoms with Crippen molar-refractivity contribution in [1.82, 2.24) is 0 Å². The Balaban J connectivity index is 2.54. The third kappa shape index (κ3) is 3.83. The van der Waals surface area contributed by atoms with Crippen LogP contribution in [0, 0.1) is 0 Å². The van der Waals surface area contributed by atoms with Crippen molar-refractivity contribution in [2.75, 3.05) is 17.3 Å². The number of nitrogens with one attached hydrogen (secondary N) is 1. The zero-order chi connectivity index (χ0) is 10.4. The molecule has 0 bridgehead atoms. The van der Waals surface area contributed by atoms with Gasteiger partial charge in [-0.05, 0) is 36.1 Å². The van der Waals surface area contributed by atoms with Crippen LogP contribution in [0.5, 0.6) is 0 Å². The lowest BCUT2D eigenvalue weighted by Crippen LogP contribution is -2.05. The van der Waals surface area contributed by atoms with Gasteiger partial charge in [-0.2, -0.15) is 11.8 Å². The number of hydrogen-bond acceptors (Lipinski definition) is 2. The van der Waals surface area contributed by atoms with Gasteiger partial charge in [0.25, 0.3) is 0 Å². The Kier molecular flexibility index (Phi) is 4.53. The van der Waals surface area contributed by atoms with Crippen molar-refractivity contribution in [3.63, 3.8) is 0 Å². The first kappa shape index (κ1) is 11.1. The predicted molar refractivity (Wildman–Crippen MR) is 62.8 cm³/mol. The monoisotopic (exact) mass is 209 g/mol. The summed E-state index contributed by atoms with van der Waals surface area (Å²) in [6.45, 7) is 1.52. The lowest BCUT2D eigenvalue weighted by atomic mass is 10.1. The molecule has 0 unspecified atom stereocenters. The minimum absolute atomic E-state index is 0.0261. The van der Waals surface area contributed by atoms with Gasteiger partial charge in [0.1, 0.15) is 0 Å². The van der Waals surface area contributed by atoms with Crippen LogP contribution in [0.15, 0.2) is 24.3 Å². The maximum absolute atomic E-state index is 10.8. The quantitative estimate of drug-likeness (QED) is 0.825. The summed E-state index contributed by atoms with van der Waals surface area (Å²) >= 11 is 1.84. The highest BCUT2D eigenvalue weighted by molar-refractivity contribution is 7.98. The Morgan fingerprint density at radius 1 is 1.36 bits per heavy atom. The SMILES string of the molecule is CSCCc1ccc(NC(C)=O)cc1. The van der Waals surface area contributed by atoms with Crippen LogP contribution in [-0.2, 0) is 11.2 Å². The molecule has 1 N–H and O–H groups in total. The zero-order valence-electron chi connectivity index (χ0n) is 8.54. The molecule has 0 saturated heterocycles. The minimum Gasteiger partial charge on any atom is -0.326 e. The minimum atomic E-state index is -0.0261. The van der Waals surface area contributed by atoms with Gasteiger partial charge in [0.2, 0.25) is 5.91 Å². The summed E-state index contributed by atoms with van der Waals surface area (Å²) in [6, 6.07) is 8.00. The van der Waals surface area contributed by atoms with Gasteiger partial charge in [-0.1, -0.05) is 12.1 Å². The number of amides is 1. The molecule has 3 heteroatoms. The van der Waals surface area contributed by atoms with Gasteiger partial charge in [-0.15, -0.1) is 0 Å². The van der Waals surface area contributed by atoms with Crippen LogP contribution in [-0.4, -0.2) is 17.9 Å². The van der Waals surface area contributed by atoms with Crippen molar-refractivity contribution >= 4 is 23.4 Å². The maximum atomic E-state index is 10.8. The number of rotatable bonds is 4. The van der Waals surface area contributed by atoms with Crippen LogP contribution in [0.3, 0.4) is 0 Å². The molecule has 2 nitrogen and oxygen atoms in total. The normalized spacial score (nSPS) is 9.86. The Bertz CT molecular complexity index is 295. The molecule has 76 valence electrons. The number of benzene rings is 1. The van der Waals surface area contributed by atoms with Crippen molar-refractivity contribution in [1.29, 1.82) is 0 Å². The summed E-state index contributed by atoms with van der Waals surface area (Å²) in [4.78, 5) is 10.8. The van der Waals surface area contributed by atoms with Gasteiger partial charge < -0.3 is 5.32 Å². The van der Waals surface area contributed by atoms with E-state index in [1.54, 1.807) is 0 Å². The fourth-order valence-electron chi connectivity index (χ4n) is 1.18.